The fraction of sp³-hybridized carbons (Fsp3) is 0.417. The van der Waals surface area contributed by atoms with Crippen LogP contribution in [-0.4, -0.2) is 46.1 Å². The minimum absolute atomic E-state index is 0.0957. The number of hydrogen-bond donors (Lipinski definition) is 2. The molecule has 18 heavy (non-hydrogen) atoms. The fourth-order valence-electron chi connectivity index (χ4n) is 1.63. The summed E-state index contributed by atoms with van der Waals surface area (Å²) in [5.74, 6) is -0.785. The average Bonchev–Trinajstić information content (AvgIpc) is 2.31. The molecule has 1 aromatic heterocycles. The summed E-state index contributed by atoms with van der Waals surface area (Å²) in [6.45, 7) is 7.60. The van der Waals surface area contributed by atoms with E-state index in [9.17, 15) is 9.90 Å². The maximum atomic E-state index is 11.3. The molecule has 0 unspecified atom stereocenters. The van der Waals surface area contributed by atoms with Crippen LogP contribution >= 0.6 is 0 Å². The number of hydrogen-bond acceptors (Lipinski definition) is 5. The zero-order chi connectivity index (χ0) is 13.7. The van der Waals surface area contributed by atoms with Crippen LogP contribution in [0.5, 0.6) is 0 Å². The van der Waals surface area contributed by atoms with Crippen molar-refractivity contribution in [3.63, 3.8) is 0 Å². The number of aromatic nitrogens is 2. The van der Waals surface area contributed by atoms with Gasteiger partial charge in [-0.3, -0.25) is 0 Å². The molecule has 0 aliphatic heterocycles. The predicted molar refractivity (Wildman–Crippen MR) is 68.0 cm³/mol. The molecule has 6 nitrogen and oxygen atoms in total. The Morgan fingerprint density at radius 1 is 1.44 bits per heavy atom. The average molecular weight is 251 g/mol. The van der Waals surface area contributed by atoms with E-state index in [0.717, 1.165) is 0 Å². The Balaban J connectivity index is 3.32. The van der Waals surface area contributed by atoms with Crippen LogP contribution in [0.25, 0.3) is 0 Å². The van der Waals surface area contributed by atoms with Crippen LogP contribution in [0.1, 0.15) is 21.6 Å². The first-order chi connectivity index (χ1) is 8.52. The van der Waals surface area contributed by atoms with E-state index in [1.54, 1.807) is 24.8 Å². The Hall–Kier alpha value is -1.95. The van der Waals surface area contributed by atoms with Crippen LogP contribution in [0.2, 0.25) is 0 Å². The molecule has 0 bridgehead atoms. The molecular formula is C12H17N3O3. The molecule has 1 heterocycles. The first-order valence-corrected chi connectivity index (χ1v) is 5.56. The molecule has 0 radical (unpaired) electrons. The molecule has 0 atom stereocenters. The fourth-order valence-corrected chi connectivity index (χ4v) is 1.63. The second-order valence-electron chi connectivity index (χ2n) is 3.87. The maximum absolute atomic E-state index is 11.3. The maximum Gasteiger partial charge on any atom is 0.339 e. The predicted octanol–water partition coefficient (Wildman–Crippen LogP) is 0.776. The summed E-state index contributed by atoms with van der Waals surface area (Å²) >= 11 is 0. The summed E-state index contributed by atoms with van der Waals surface area (Å²) in [5.41, 5.74) is 1.29. The zero-order valence-corrected chi connectivity index (χ0v) is 10.6. The third kappa shape index (κ3) is 2.84. The van der Waals surface area contributed by atoms with Crippen molar-refractivity contribution in [3.8, 4) is 0 Å². The van der Waals surface area contributed by atoms with Gasteiger partial charge >= 0.3 is 5.97 Å². The van der Waals surface area contributed by atoms with Gasteiger partial charge in [0.05, 0.1) is 12.3 Å². The number of carboxylic acid groups (broad SMARTS) is 1. The number of anilines is 1. The van der Waals surface area contributed by atoms with E-state index >= 15 is 0 Å². The third-order valence-electron chi connectivity index (χ3n) is 2.67. The Morgan fingerprint density at radius 3 is 2.61 bits per heavy atom. The van der Waals surface area contributed by atoms with E-state index in [2.05, 4.69) is 16.8 Å². The third-order valence-corrected chi connectivity index (χ3v) is 2.67. The van der Waals surface area contributed by atoms with E-state index in [1.165, 1.54) is 0 Å². The molecule has 0 aliphatic carbocycles. The van der Waals surface area contributed by atoms with Gasteiger partial charge < -0.3 is 15.1 Å². The minimum Gasteiger partial charge on any atom is -0.478 e. The van der Waals surface area contributed by atoms with Crippen molar-refractivity contribution in [1.29, 1.82) is 0 Å². The molecule has 2 N–H and O–H groups in total. The molecule has 0 saturated carbocycles. The van der Waals surface area contributed by atoms with Crippen molar-refractivity contribution in [2.75, 3.05) is 24.6 Å². The molecular weight excluding hydrogens is 234 g/mol. The van der Waals surface area contributed by atoms with Gasteiger partial charge in [-0.1, -0.05) is 6.08 Å². The number of aliphatic hydroxyl groups excluding tert-OH is 1. The summed E-state index contributed by atoms with van der Waals surface area (Å²) in [7, 11) is 0. The monoisotopic (exact) mass is 251 g/mol. The number of carbonyl (C=O) groups is 1. The topological polar surface area (TPSA) is 86.5 Å². The van der Waals surface area contributed by atoms with Crippen molar-refractivity contribution in [1.82, 2.24) is 10.2 Å². The summed E-state index contributed by atoms with van der Waals surface area (Å²) in [6, 6.07) is 0. The SMILES string of the molecule is C=CCN(CCO)c1nnc(C)c(C)c1C(=O)O. The van der Waals surface area contributed by atoms with Crippen molar-refractivity contribution >= 4 is 11.8 Å². The smallest absolute Gasteiger partial charge is 0.339 e. The van der Waals surface area contributed by atoms with Gasteiger partial charge in [-0.2, -0.15) is 5.10 Å². The van der Waals surface area contributed by atoms with Crippen molar-refractivity contribution in [3.05, 3.63) is 29.5 Å². The molecule has 98 valence electrons. The number of nitrogens with zero attached hydrogens (tertiary/aromatic N) is 3. The molecule has 0 amide bonds. The van der Waals surface area contributed by atoms with Crippen LogP contribution in [0, 0.1) is 13.8 Å². The summed E-state index contributed by atoms with van der Waals surface area (Å²) in [5, 5.41) is 26.2. The second kappa shape index (κ2) is 6.11. The van der Waals surface area contributed by atoms with Crippen molar-refractivity contribution < 1.29 is 15.0 Å². The molecule has 0 spiro atoms. The number of aryl methyl sites for hydroxylation is 1. The van der Waals surface area contributed by atoms with Gasteiger partial charge in [0.15, 0.2) is 5.82 Å². The lowest BCUT2D eigenvalue weighted by Gasteiger charge is -2.23. The van der Waals surface area contributed by atoms with Gasteiger partial charge in [0.1, 0.15) is 5.56 Å². The zero-order valence-electron chi connectivity index (χ0n) is 10.6. The molecule has 6 heteroatoms. The highest BCUT2D eigenvalue weighted by Crippen LogP contribution is 2.21. The highest BCUT2D eigenvalue weighted by atomic mass is 16.4. The molecule has 0 aliphatic rings. The van der Waals surface area contributed by atoms with Gasteiger partial charge in [-0.25, -0.2) is 4.79 Å². The van der Waals surface area contributed by atoms with Crippen LogP contribution in [0.15, 0.2) is 12.7 Å². The first kappa shape index (κ1) is 14.1. The first-order valence-electron chi connectivity index (χ1n) is 5.56. The van der Waals surface area contributed by atoms with Crippen LogP contribution in [-0.2, 0) is 0 Å². The lowest BCUT2D eigenvalue weighted by Crippen LogP contribution is -2.30. The van der Waals surface area contributed by atoms with Crippen LogP contribution < -0.4 is 4.90 Å². The van der Waals surface area contributed by atoms with E-state index in [4.69, 9.17) is 5.11 Å². The highest BCUT2D eigenvalue weighted by molar-refractivity contribution is 5.95. The largest absolute Gasteiger partial charge is 0.478 e. The summed E-state index contributed by atoms with van der Waals surface area (Å²) in [4.78, 5) is 13.0. The lowest BCUT2D eigenvalue weighted by molar-refractivity contribution is 0.0696. The Morgan fingerprint density at radius 2 is 2.11 bits per heavy atom. The lowest BCUT2D eigenvalue weighted by atomic mass is 10.1. The molecule has 0 aromatic carbocycles. The normalized spacial score (nSPS) is 10.2. The van der Waals surface area contributed by atoms with Crippen LogP contribution in [0.4, 0.5) is 5.82 Å². The number of aliphatic hydroxyl groups is 1. The van der Waals surface area contributed by atoms with E-state index in [1.807, 2.05) is 0 Å². The van der Waals surface area contributed by atoms with Crippen molar-refractivity contribution in [2.45, 2.75) is 13.8 Å². The van der Waals surface area contributed by atoms with Crippen LogP contribution in [0.3, 0.4) is 0 Å². The quantitative estimate of drug-likeness (QED) is 0.726. The van der Waals surface area contributed by atoms with Gasteiger partial charge in [0, 0.05) is 13.1 Å². The van der Waals surface area contributed by atoms with E-state index in [-0.39, 0.29) is 24.5 Å². The van der Waals surface area contributed by atoms with Gasteiger partial charge in [-0.05, 0) is 19.4 Å². The van der Waals surface area contributed by atoms with E-state index < -0.39 is 5.97 Å². The minimum atomic E-state index is -1.05. The van der Waals surface area contributed by atoms with Gasteiger partial charge in [0.2, 0.25) is 0 Å². The Kier molecular flexibility index (Phi) is 4.79. The molecule has 0 saturated heterocycles. The Labute approximate surface area is 106 Å². The summed E-state index contributed by atoms with van der Waals surface area (Å²) in [6.07, 6.45) is 1.62. The Bertz CT molecular complexity index is 460. The second-order valence-corrected chi connectivity index (χ2v) is 3.87. The number of carboxylic acids is 1. The summed E-state index contributed by atoms with van der Waals surface area (Å²) < 4.78 is 0. The highest BCUT2D eigenvalue weighted by Gasteiger charge is 2.21. The standard InChI is InChI=1S/C12H17N3O3/c1-4-5-15(6-7-16)11-10(12(17)18)8(2)9(3)13-14-11/h4,16H,1,5-7H2,2-3H3,(H,17,18). The molecule has 0 fully saturated rings. The molecule has 1 rings (SSSR count). The van der Waals surface area contributed by atoms with E-state index in [0.29, 0.717) is 17.8 Å². The number of rotatable bonds is 6. The van der Waals surface area contributed by atoms with Gasteiger partial charge in [0.25, 0.3) is 0 Å². The van der Waals surface area contributed by atoms with Gasteiger partial charge in [-0.15, -0.1) is 11.7 Å². The number of aromatic carboxylic acids is 1. The van der Waals surface area contributed by atoms with Crippen molar-refractivity contribution in [2.24, 2.45) is 0 Å². The molecule has 1 aromatic rings.